The lowest BCUT2D eigenvalue weighted by Gasteiger charge is -2.24. The van der Waals surface area contributed by atoms with Crippen LogP contribution in [0.2, 0.25) is 0 Å². The maximum absolute atomic E-state index is 12.4. The van der Waals surface area contributed by atoms with Crippen LogP contribution in [-0.2, 0) is 6.42 Å². The number of nitrogens with zero attached hydrogens (tertiary/aromatic N) is 3. The topological polar surface area (TPSA) is 38.8 Å². The number of urea groups is 1. The second-order valence-electron chi connectivity index (χ2n) is 7.27. The summed E-state index contributed by atoms with van der Waals surface area (Å²) < 4.78 is 0. The summed E-state index contributed by atoms with van der Waals surface area (Å²) in [6.45, 7) is 6.70. The first-order valence-corrected chi connectivity index (χ1v) is 9.56. The quantitative estimate of drug-likeness (QED) is 0.659. The Bertz CT molecular complexity index is 636. The van der Waals surface area contributed by atoms with Gasteiger partial charge in [-0.3, -0.25) is 4.90 Å². The molecule has 1 saturated heterocycles. The van der Waals surface area contributed by atoms with Crippen LogP contribution in [0, 0.1) is 0 Å². The number of fused-ring (bicyclic) bond motifs is 1. The van der Waals surface area contributed by atoms with E-state index in [0.29, 0.717) is 6.04 Å². The van der Waals surface area contributed by atoms with Gasteiger partial charge in [-0.05, 0) is 30.9 Å². The van der Waals surface area contributed by atoms with Crippen LogP contribution in [0.15, 0.2) is 36.4 Å². The molecule has 134 valence electrons. The molecule has 0 bridgehead atoms. The van der Waals surface area contributed by atoms with E-state index < -0.39 is 0 Å². The Morgan fingerprint density at radius 1 is 1.16 bits per heavy atom. The van der Waals surface area contributed by atoms with E-state index in [1.165, 1.54) is 11.3 Å². The molecule has 0 saturated carbocycles. The van der Waals surface area contributed by atoms with Gasteiger partial charge in [-0.1, -0.05) is 30.4 Å². The zero-order chi connectivity index (χ0) is 17.1. The predicted molar refractivity (Wildman–Crippen MR) is 101 cm³/mol. The second kappa shape index (κ2) is 7.48. The van der Waals surface area contributed by atoms with Gasteiger partial charge in [-0.2, -0.15) is 0 Å². The number of hydrogen-bond donors (Lipinski definition) is 1. The Hall–Kier alpha value is -2.01. The van der Waals surface area contributed by atoms with Gasteiger partial charge in [0.1, 0.15) is 0 Å². The van der Waals surface area contributed by atoms with E-state index in [0.717, 1.165) is 65.1 Å². The van der Waals surface area contributed by atoms with Crippen molar-refractivity contribution in [2.45, 2.75) is 25.3 Å². The highest BCUT2D eigenvalue weighted by atomic mass is 16.2. The lowest BCUT2D eigenvalue weighted by Crippen LogP contribution is -2.42. The molecule has 4 rings (SSSR count). The fraction of sp³-hybridized carbons (Fsp3) is 0.550. The van der Waals surface area contributed by atoms with Crippen molar-refractivity contribution in [2.75, 3.05) is 50.7 Å². The van der Waals surface area contributed by atoms with Gasteiger partial charge in [0.15, 0.2) is 0 Å². The van der Waals surface area contributed by atoms with E-state index in [4.69, 9.17) is 0 Å². The minimum absolute atomic E-state index is 0.108. The van der Waals surface area contributed by atoms with Gasteiger partial charge >= 0.3 is 6.03 Å². The highest BCUT2D eigenvalue weighted by Gasteiger charge is 2.30. The van der Waals surface area contributed by atoms with Crippen molar-refractivity contribution in [1.82, 2.24) is 15.1 Å². The molecule has 3 aliphatic rings. The number of hydrogen-bond acceptors (Lipinski definition) is 3. The number of rotatable bonds is 5. The van der Waals surface area contributed by atoms with Gasteiger partial charge < -0.3 is 15.1 Å². The van der Waals surface area contributed by atoms with Crippen molar-refractivity contribution in [3.05, 3.63) is 42.0 Å². The molecule has 1 aromatic rings. The molecule has 3 heterocycles. The molecule has 1 fully saturated rings. The molecule has 1 atom stereocenters. The minimum Gasteiger partial charge on any atom is -0.371 e. The van der Waals surface area contributed by atoms with Crippen molar-refractivity contribution in [3.8, 4) is 0 Å². The summed E-state index contributed by atoms with van der Waals surface area (Å²) in [4.78, 5) is 19.2. The summed E-state index contributed by atoms with van der Waals surface area (Å²) >= 11 is 0. The molecule has 25 heavy (non-hydrogen) atoms. The highest BCUT2D eigenvalue weighted by Crippen LogP contribution is 2.27. The Labute approximate surface area is 150 Å². The number of para-hydroxylation sites is 1. The van der Waals surface area contributed by atoms with Gasteiger partial charge in [0.25, 0.3) is 0 Å². The molecular weight excluding hydrogens is 312 g/mol. The number of nitrogens with one attached hydrogen (secondary N) is 1. The maximum atomic E-state index is 12.4. The first kappa shape index (κ1) is 16.5. The normalized spacial score (nSPS) is 22.6. The fourth-order valence-electron chi connectivity index (χ4n) is 4.23. The molecule has 5 heteroatoms. The molecule has 0 radical (unpaired) electrons. The van der Waals surface area contributed by atoms with Gasteiger partial charge in [0.05, 0.1) is 0 Å². The molecule has 0 unspecified atom stereocenters. The van der Waals surface area contributed by atoms with Crippen molar-refractivity contribution in [1.29, 1.82) is 0 Å². The molecule has 3 aliphatic heterocycles. The first-order chi connectivity index (χ1) is 12.3. The van der Waals surface area contributed by atoms with E-state index in [1.807, 2.05) is 4.90 Å². The Morgan fingerprint density at radius 3 is 2.88 bits per heavy atom. The van der Waals surface area contributed by atoms with Crippen LogP contribution >= 0.6 is 0 Å². The second-order valence-corrected chi connectivity index (χ2v) is 7.27. The Balaban J connectivity index is 1.16. The van der Waals surface area contributed by atoms with E-state index in [9.17, 15) is 4.79 Å². The summed E-state index contributed by atoms with van der Waals surface area (Å²) in [7, 11) is 0. The molecular formula is C20H28N4O. The van der Waals surface area contributed by atoms with Gasteiger partial charge in [-0.25, -0.2) is 4.79 Å². The SMILES string of the molecule is O=C(NCCCN1CCc2ccccc21)N1CC[C@H](N2CC=CC2)C1. The van der Waals surface area contributed by atoms with E-state index in [1.54, 1.807) is 0 Å². The zero-order valence-electron chi connectivity index (χ0n) is 14.9. The molecule has 0 spiro atoms. The molecule has 0 aliphatic carbocycles. The average Bonchev–Trinajstić information content (AvgIpc) is 3.38. The summed E-state index contributed by atoms with van der Waals surface area (Å²) in [5.41, 5.74) is 2.82. The van der Waals surface area contributed by atoms with Crippen LogP contribution in [0.4, 0.5) is 10.5 Å². The minimum atomic E-state index is 0.108. The molecule has 5 nitrogen and oxygen atoms in total. The zero-order valence-corrected chi connectivity index (χ0v) is 14.9. The van der Waals surface area contributed by atoms with E-state index in [-0.39, 0.29) is 6.03 Å². The number of likely N-dealkylation sites (tertiary alicyclic amines) is 1. The van der Waals surface area contributed by atoms with Crippen molar-refractivity contribution in [2.24, 2.45) is 0 Å². The molecule has 2 amide bonds. The fourth-order valence-corrected chi connectivity index (χ4v) is 4.23. The third-order valence-corrected chi connectivity index (χ3v) is 5.68. The van der Waals surface area contributed by atoms with Gasteiger partial charge in [0, 0.05) is 57.5 Å². The summed E-state index contributed by atoms with van der Waals surface area (Å²) in [6, 6.07) is 9.29. The third-order valence-electron chi connectivity index (χ3n) is 5.68. The lowest BCUT2D eigenvalue weighted by molar-refractivity contribution is 0.200. The summed E-state index contributed by atoms with van der Waals surface area (Å²) in [5.74, 6) is 0. The number of carbonyl (C=O) groups excluding carboxylic acids is 1. The first-order valence-electron chi connectivity index (χ1n) is 9.56. The van der Waals surface area contributed by atoms with Crippen LogP contribution in [-0.4, -0.2) is 67.7 Å². The predicted octanol–water partition coefficient (Wildman–Crippen LogP) is 2.09. The number of anilines is 1. The van der Waals surface area contributed by atoms with Crippen LogP contribution in [0.1, 0.15) is 18.4 Å². The van der Waals surface area contributed by atoms with Gasteiger partial charge in [-0.15, -0.1) is 0 Å². The number of amides is 2. The molecule has 1 aromatic carbocycles. The Kier molecular flexibility index (Phi) is 4.92. The lowest BCUT2D eigenvalue weighted by atomic mass is 10.2. The van der Waals surface area contributed by atoms with Crippen LogP contribution in [0.3, 0.4) is 0 Å². The van der Waals surface area contributed by atoms with Crippen molar-refractivity contribution >= 4 is 11.7 Å². The van der Waals surface area contributed by atoms with Crippen LogP contribution in [0.5, 0.6) is 0 Å². The summed E-state index contributed by atoms with van der Waals surface area (Å²) in [6.07, 6.45) is 7.68. The number of carbonyl (C=O) groups is 1. The number of benzene rings is 1. The monoisotopic (exact) mass is 340 g/mol. The van der Waals surface area contributed by atoms with Gasteiger partial charge in [0.2, 0.25) is 0 Å². The van der Waals surface area contributed by atoms with Crippen molar-refractivity contribution < 1.29 is 4.79 Å². The standard InChI is InChI=1S/C20H28N4O/c25-20(24-15-9-18(16-24)22-11-3-4-12-22)21-10-5-13-23-14-8-17-6-1-2-7-19(17)23/h1-4,6-7,18H,5,8-16H2,(H,21,25)/t18-/m0/s1. The highest BCUT2D eigenvalue weighted by molar-refractivity contribution is 5.74. The van der Waals surface area contributed by atoms with Crippen LogP contribution in [0.25, 0.3) is 0 Å². The van der Waals surface area contributed by atoms with Crippen molar-refractivity contribution in [3.63, 3.8) is 0 Å². The maximum Gasteiger partial charge on any atom is 0.317 e. The Morgan fingerprint density at radius 2 is 2.00 bits per heavy atom. The van der Waals surface area contributed by atoms with E-state index >= 15 is 0 Å². The molecule has 0 aromatic heterocycles. The third kappa shape index (κ3) is 3.66. The van der Waals surface area contributed by atoms with Crippen LogP contribution < -0.4 is 10.2 Å². The average molecular weight is 340 g/mol. The van der Waals surface area contributed by atoms with E-state index in [2.05, 4.69) is 51.5 Å². The smallest absolute Gasteiger partial charge is 0.317 e. The summed E-state index contributed by atoms with van der Waals surface area (Å²) in [5, 5.41) is 3.11. The largest absolute Gasteiger partial charge is 0.371 e. The molecule has 1 N–H and O–H groups in total.